The minimum atomic E-state index is -0.646. The van der Waals surface area contributed by atoms with Crippen molar-refractivity contribution in [2.45, 2.75) is 12.5 Å². The first-order chi connectivity index (χ1) is 9.83. The van der Waals surface area contributed by atoms with E-state index in [0.717, 1.165) is 16.3 Å². The summed E-state index contributed by atoms with van der Waals surface area (Å²) in [5, 5.41) is 13.0. The average Bonchev–Trinajstić information content (AvgIpc) is 2.97. The van der Waals surface area contributed by atoms with Crippen LogP contribution in [0.25, 0.3) is 11.3 Å². The highest BCUT2D eigenvalue weighted by molar-refractivity contribution is 7.09. The van der Waals surface area contributed by atoms with Crippen LogP contribution in [-0.2, 0) is 6.42 Å². The topological polar surface area (TPSA) is 58.9 Å². The zero-order valence-electron chi connectivity index (χ0n) is 10.7. The molecule has 0 saturated carbocycles. The van der Waals surface area contributed by atoms with Crippen LogP contribution in [0.5, 0.6) is 0 Å². The molecular formula is C15H13N3OS. The second-order valence-corrected chi connectivity index (χ2v) is 5.29. The fourth-order valence-corrected chi connectivity index (χ4v) is 2.76. The molecule has 0 radical (unpaired) electrons. The van der Waals surface area contributed by atoms with E-state index in [1.807, 2.05) is 35.7 Å². The van der Waals surface area contributed by atoms with Crippen LogP contribution in [0.4, 0.5) is 0 Å². The highest BCUT2D eigenvalue weighted by Crippen LogP contribution is 2.24. The molecule has 100 valence electrons. The molecule has 0 amide bonds. The molecule has 0 spiro atoms. The predicted octanol–water partition coefficient (Wildman–Crippen LogP) is 2.88. The molecule has 1 atom stereocenters. The van der Waals surface area contributed by atoms with Gasteiger partial charge >= 0.3 is 0 Å². The van der Waals surface area contributed by atoms with Gasteiger partial charge in [0.2, 0.25) is 0 Å². The quantitative estimate of drug-likeness (QED) is 0.800. The Morgan fingerprint density at radius 3 is 2.75 bits per heavy atom. The van der Waals surface area contributed by atoms with Crippen LogP contribution in [0.2, 0.25) is 0 Å². The number of aromatic nitrogens is 3. The number of hydrogen-bond donors (Lipinski definition) is 1. The lowest BCUT2D eigenvalue weighted by Gasteiger charge is -2.06. The molecule has 3 aromatic rings. The van der Waals surface area contributed by atoms with E-state index in [1.165, 1.54) is 6.33 Å². The number of aliphatic hydroxyl groups excluding tert-OH is 1. The summed E-state index contributed by atoms with van der Waals surface area (Å²) >= 11 is 1.55. The monoisotopic (exact) mass is 283 g/mol. The second-order valence-electron chi connectivity index (χ2n) is 4.35. The zero-order chi connectivity index (χ0) is 13.8. The first kappa shape index (κ1) is 12.9. The number of hydrogen-bond acceptors (Lipinski definition) is 5. The van der Waals surface area contributed by atoms with Crippen molar-refractivity contribution in [1.82, 2.24) is 15.0 Å². The summed E-state index contributed by atoms with van der Waals surface area (Å²) < 4.78 is 0. The van der Waals surface area contributed by atoms with Crippen LogP contribution >= 0.6 is 11.3 Å². The standard InChI is InChI=1S/C15H13N3OS/c19-14(12-6-7-16-10-17-12)8-15-18-13(9-20-15)11-4-2-1-3-5-11/h1-7,9-10,14,19H,8H2. The second kappa shape index (κ2) is 5.90. The van der Waals surface area contributed by atoms with Crippen LogP contribution in [0.1, 0.15) is 16.8 Å². The molecular weight excluding hydrogens is 270 g/mol. The lowest BCUT2D eigenvalue weighted by Crippen LogP contribution is -2.03. The van der Waals surface area contributed by atoms with E-state index in [4.69, 9.17) is 0 Å². The molecule has 0 bridgehead atoms. The zero-order valence-corrected chi connectivity index (χ0v) is 11.5. The van der Waals surface area contributed by atoms with E-state index in [-0.39, 0.29) is 0 Å². The van der Waals surface area contributed by atoms with E-state index >= 15 is 0 Å². The van der Waals surface area contributed by atoms with Gasteiger partial charge in [-0.3, -0.25) is 0 Å². The summed E-state index contributed by atoms with van der Waals surface area (Å²) in [4.78, 5) is 12.5. The number of nitrogens with zero attached hydrogens (tertiary/aromatic N) is 3. The Morgan fingerprint density at radius 1 is 1.15 bits per heavy atom. The maximum Gasteiger partial charge on any atom is 0.115 e. The largest absolute Gasteiger partial charge is 0.386 e. The maximum absolute atomic E-state index is 10.1. The van der Waals surface area contributed by atoms with Gasteiger partial charge in [0, 0.05) is 23.6 Å². The van der Waals surface area contributed by atoms with Crippen molar-refractivity contribution in [1.29, 1.82) is 0 Å². The summed E-state index contributed by atoms with van der Waals surface area (Å²) in [5.74, 6) is 0. The number of rotatable bonds is 4. The van der Waals surface area contributed by atoms with E-state index in [1.54, 1.807) is 23.6 Å². The Labute approximate surface area is 120 Å². The molecule has 2 heterocycles. The van der Waals surface area contributed by atoms with Crippen LogP contribution in [-0.4, -0.2) is 20.1 Å². The fourth-order valence-electron chi connectivity index (χ4n) is 1.91. The first-order valence-electron chi connectivity index (χ1n) is 6.27. The fraction of sp³-hybridized carbons (Fsp3) is 0.133. The van der Waals surface area contributed by atoms with Gasteiger partial charge in [0.15, 0.2) is 0 Å². The summed E-state index contributed by atoms with van der Waals surface area (Å²) in [6.07, 6.45) is 2.89. The van der Waals surface area contributed by atoms with E-state index in [2.05, 4.69) is 15.0 Å². The molecule has 1 unspecified atom stereocenters. The van der Waals surface area contributed by atoms with Gasteiger partial charge < -0.3 is 5.11 Å². The van der Waals surface area contributed by atoms with Gasteiger partial charge in [-0.05, 0) is 6.07 Å². The minimum Gasteiger partial charge on any atom is -0.386 e. The van der Waals surface area contributed by atoms with Gasteiger partial charge in [-0.1, -0.05) is 30.3 Å². The van der Waals surface area contributed by atoms with Crippen molar-refractivity contribution in [3.05, 3.63) is 65.0 Å². The molecule has 0 aliphatic rings. The lowest BCUT2D eigenvalue weighted by molar-refractivity contribution is 0.173. The molecule has 5 heteroatoms. The van der Waals surface area contributed by atoms with E-state index in [9.17, 15) is 5.11 Å². The van der Waals surface area contributed by atoms with Gasteiger partial charge in [-0.2, -0.15) is 0 Å². The van der Waals surface area contributed by atoms with Gasteiger partial charge in [0.05, 0.1) is 16.4 Å². The summed E-state index contributed by atoms with van der Waals surface area (Å²) in [6, 6.07) is 11.7. The number of thiazole rings is 1. The Kier molecular flexibility index (Phi) is 3.80. The number of aliphatic hydroxyl groups is 1. The maximum atomic E-state index is 10.1. The molecule has 1 aromatic carbocycles. The Hall–Kier alpha value is -2.11. The van der Waals surface area contributed by atoms with Crippen molar-refractivity contribution in [2.75, 3.05) is 0 Å². The molecule has 0 fully saturated rings. The average molecular weight is 283 g/mol. The van der Waals surface area contributed by atoms with Crippen LogP contribution in [0.15, 0.2) is 54.3 Å². The third-order valence-electron chi connectivity index (χ3n) is 2.94. The third-order valence-corrected chi connectivity index (χ3v) is 3.81. The van der Waals surface area contributed by atoms with Crippen molar-refractivity contribution in [3.63, 3.8) is 0 Å². The minimum absolute atomic E-state index is 0.467. The van der Waals surface area contributed by atoms with Crippen molar-refractivity contribution in [3.8, 4) is 11.3 Å². The summed E-state index contributed by atoms with van der Waals surface area (Å²) in [7, 11) is 0. The predicted molar refractivity (Wildman–Crippen MR) is 78.2 cm³/mol. The molecule has 0 aliphatic heterocycles. The highest BCUT2D eigenvalue weighted by Gasteiger charge is 2.13. The molecule has 0 saturated heterocycles. The van der Waals surface area contributed by atoms with Gasteiger partial charge in [-0.15, -0.1) is 11.3 Å². The summed E-state index contributed by atoms with van der Waals surface area (Å²) in [5.41, 5.74) is 2.66. The van der Waals surface area contributed by atoms with Crippen LogP contribution in [0.3, 0.4) is 0 Å². The van der Waals surface area contributed by atoms with Gasteiger partial charge in [0.25, 0.3) is 0 Å². The van der Waals surface area contributed by atoms with Crippen molar-refractivity contribution >= 4 is 11.3 Å². The summed E-state index contributed by atoms with van der Waals surface area (Å²) in [6.45, 7) is 0. The number of benzene rings is 1. The van der Waals surface area contributed by atoms with Gasteiger partial charge in [0.1, 0.15) is 12.4 Å². The normalized spacial score (nSPS) is 12.2. The van der Waals surface area contributed by atoms with E-state index in [0.29, 0.717) is 12.1 Å². The van der Waals surface area contributed by atoms with Crippen LogP contribution < -0.4 is 0 Å². The van der Waals surface area contributed by atoms with Crippen LogP contribution in [0, 0.1) is 0 Å². The smallest absolute Gasteiger partial charge is 0.115 e. The molecule has 2 aromatic heterocycles. The van der Waals surface area contributed by atoms with Crippen molar-refractivity contribution in [2.24, 2.45) is 0 Å². The van der Waals surface area contributed by atoms with Crippen molar-refractivity contribution < 1.29 is 5.11 Å². The Morgan fingerprint density at radius 2 is 2.00 bits per heavy atom. The molecule has 1 N–H and O–H groups in total. The molecule has 0 aliphatic carbocycles. The Balaban J connectivity index is 1.75. The third kappa shape index (κ3) is 2.89. The lowest BCUT2D eigenvalue weighted by atomic mass is 10.1. The first-order valence-corrected chi connectivity index (χ1v) is 7.14. The van der Waals surface area contributed by atoms with E-state index < -0.39 is 6.10 Å². The molecule has 4 nitrogen and oxygen atoms in total. The highest BCUT2D eigenvalue weighted by atomic mass is 32.1. The SMILES string of the molecule is OC(Cc1nc(-c2ccccc2)cs1)c1ccncn1. The van der Waals surface area contributed by atoms with Gasteiger partial charge in [-0.25, -0.2) is 15.0 Å². The molecule has 3 rings (SSSR count). The Bertz CT molecular complexity index is 670. The molecule has 20 heavy (non-hydrogen) atoms.